The van der Waals surface area contributed by atoms with Gasteiger partial charge in [-0.25, -0.2) is 13.1 Å². The summed E-state index contributed by atoms with van der Waals surface area (Å²) in [6, 6.07) is 3.28. The van der Waals surface area contributed by atoms with Crippen molar-refractivity contribution in [3.8, 4) is 5.75 Å². The van der Waals surface area contributed by atoms with Gasteiger partial charge >= 0.3 is 12.3 Å². The Kier molecular flexibility index (Phi) is 7.10. The first-order chi connectivity index (χ1) is 12.6. The highest BCUT2D eigenvalue weighted by atomic mass is 32.2. The molecule has 1 aromatic carbocycles. The summed E-state index contributed by atoms with van der Waals surface area (Å²) in [7, 11) is -2.79. The molecule has 1 saturated carbocycles. The predicted octanol–water partition coefficient (Wildman–Crippen LogP) is 3.38. The van der Waals surface area contributed by atoms with Crippen LogP contribution in [0.2, 0.25) is 0 Å². The lowest BCUT2D eigenvalue weighted by Crippen LogP contribution is -2.42. The van der Waals surface area contributed by atoms with Crippen molar-refractivity contribution < 1.29 is 35.9 Å². The number of ether oxygens (including phenoxy) is 2. The highest BCUT2D eigenvalue weighted by Crippen LogP contribution is 2.29. The van der Waals surface area contributed by atoms with E-state index in [0.29, 0.717) is 0 Å². The topological polar surface area (TPSA) is 81.7 Å². The zero-order valence-corrected chi connectivity index (χ0v) is 15.6. The zero-order valence-electron chi connectivity index (χ0n) is 14.8. The third-order valence-corrected chi connectivity index (χ3v) is 6.01. The molecule has 0 aromatic heterocycles. The van der Waals surface area contributed by atoms with E-state index in [1.165, 1.54) is 7.11 Å². The number of esters is 1. The van der Waals surface area contributed by atoms with E-state index in [2.05, 4.69) is 14.2 Å². The summed E-state index contributed by atoms with van der Waals surface area (Å²) >= 11 is 0. The summed E-state index contributed by atoms with van der Waals surface area (Å²) in [6.07, 6.45) is -0.401. The number of carbonyl (C=O) groups excluding carboxylic acids is 1. The van der Waals surface area contributed by atoms with Crippen LogP contribution < -0.4 is 9.46 Å². The third kappa shape index (κ3) is 6.69. The zero-order chi connectivity index (χ0) is 20.1. The predicted molar refractivity (Wildman–Crippen MR) is 90.4 cm³/mol. The molecule has 0 bridgehead atoms. The lowest BCUT2D eigenvalue weighted by Gasteiger charge is -2.30. The Morgan fingerprint density at radius 3 is 2.30 bits per heavy atom. The molecule has 0 amide bonds. The first kappa shape index (κ1) is 21.5. The molecule has 10 heteroatoms. The summed E-state index contributed by atoms with van der Waals surface area (Å²) in [5.41, 5.74) is 0. The fraction of sp³-hybridized carbons (Fsp3) is 0.588. The van der Waals surface area contributed by atoms with Crippen LogP contribution in [0.5, 0.6) is 5.75 Å². The van der Waals surface area contributed by atoms with Crippen molar-refractivity contribution in [3.63, 3.8) is 0 Å². The van der Waals surface area contributed by atoms with Crippen LogP contribution in [0, 0.1) is 5.92 Å². The number of nitrogens with one attached hydrogen (secondary N) is 1. The smallest absolute Gasteiger partial charge is 0.469 e. The standard InChI is InChI=1S/C17H22F3NO5S/c1-25-16(22)11-15(12-5-3-2-4-6-12)21-27(23,24)14-9-7-13(8-10-14)26-17(18,19)20/h7-10,12,15,21H,2-6,11H2,1H3. The second-order valence-corrected chi connectivity index (χ2v) is 8.14. The van der Waals surface area contributed by atoms with Gasteiger partial charge in [-0.2, -0.15) is 0 Å². The molecule has 0 aliphatic heterocycles. The van der Waals surface area contributed by atoms with Crippen LogP contribution in [-0.2, 0) is 19.6 Å². The molecule has 6 nitrogen and oxygen atoms in total. The van der Waals surface area contributed by atoms with Gasteiger partial charge in [0.1, 0.15) is 5.75 Å². The van der Waals surface area contributed by atoms with E-state index in [0.717, 1.165) is 56.4 Å². The molecule has 0 saturated heterocycles. The maximum absolute atomic E-state index is 12.6. The largest absolute Gasteiger partial charge is 0.573 e. The molecule has 1 aromatic rings. The van der Waals surface area contributed by atoms with Crippen molar-refractivity contribution in [2.75, 3.05) is 7.11 Å². The van der Waals surface area contributed by atoms with Crippen LogP contribution in [0.15, 0.2) is 29.2 Å². The van der Waals surface area contributed by atoms with Gasteiger partial charge in [0.2, 0.25) is 10.0 Å². The summed E-state index contributed by atoms with van der Waals surface area (Å²) in [5.74, 6) is -1.04. The molecular weight excluding hydrogens is 387 g/mol. The Morgan fingerprint density at radius 1 is 1.19 bits per heavy atom. The minimum Gasteiger partial charge on any atom is -0.469 e. The molecule has 2 rings (SSSR count). The van der Waals surface area contributed by atoms with E-state index in [-0.39, 0.29) is 17.2 Å². The van der Waals surface area contributed by atoms with Gasteiger partial charge in [0, 0.05) is 6.04 Å². The molecule has 0 spiro atoms. The number of rotatable bonds is 7. The summed E-state index contributed by atoms with van der Waals surface area (Å²) in [6.45, 7) is 0. The number of hydrogen-bond acceptors (Lipinski definition) is 5. The highest BCUT2D eigenvalue weighted by Gasteiger charge is 2.32. The van der Waals surface area contributed by atoms with Crippen LogP contribution in [0.4, 0.5) is 13.2 Å². The van der Waals surface area contributed by atoms with Gasteiger partial charge in [-0.3, -0.25) is 4.79 Å². The first-order valence-electron chi connectivity index (χ1n) is 8.55. The van der Waals surface area contributed by atoms with E-state index < -0.39 is 34.1 Å². The van der Waals surface area contributed by atoms with E-state index >= 15 is 0 Å². The average Bonchev–Trinajstić information content (AvgIpc) is 2.60. The van der Waals surface area contributed by atoms with Gasteiger partial charge in [0.05, 0.1) is 18.4 Å². The molecule has 1 aliphatic rings. The van der Waals surface area contributed by atoms with Crippen LogP contribution in [0.1, 0.15) is 38.5 Å². The van der Waals surface area contributed by atoms with Crippen molar-refractivity contribution >= 4 is 16.0 Å². The molecule has 1 N–H and O–H groups in total. The van der Waals surface area contributed by atoms with Crippen LogP contribution >= 0.6 is 0 Å². The van der Waals surface area contributed by atoms with Gasteiger partial charge < -0.3 is 9.47 Å². The molecule has 1 aliphatic carbocycles. The van der Waals surface area contributed by atoms with Crippen molar-refractivity contribution in [1.82, 2.24) is 4.72 Å². The van der Waals surface area contributed by atoms with Crippen molar-refractivity contribution in [2.45, 2.75) is 55.8 Å². The Bertz CT molecular complexity index is 728. The van der Waals surface area contributed by atoms with Crippen LogP contribution in [0.3, 0.4) is 0 Å². The van der Waals surface area contributed by atoms with Gasteiger partial charge in [-0.1, -0.05) is 19.3 Å². The molecule has 27 heavy (non-hydrogen) atoms. The normalized spacial score (nSPS) is 17.3. The van der Waals surface area contributed by atoms with E-state index in [4.69, 9.17) is 0 Å². The van der Waals surface area contributed by atoms with Crippen LogP contribution in [0.25, 0.3) is 0 Å². The van der Waals surface area contributed by atoms with Gasteiger partial charge in [0.15, 0.2) is 0 Å². The molecule has 152 valence electrons. The molecule has 0 radical (unpaired) electrons. The minimum absolute atomic E-state index is 0.000427. The highest BCUT2D eigenvalue weighted by molar-refractivity contribution is 7.89. The van der Waals surface area contributed by atoms with Gasteiger partial charge in [-0.15, -0.1) is 13.2 Å². The SMILES string of the molecule is COC(=O)CC(NS(=O)(=O)c1ccc(OC(F)(F)F)cc1)C1CCCCC1. The van der Waals surface area contributed by atoms with Crippen molar-refractivity contribution in [2.24, 2.45) is 5.92 Å². The molecular formula is C17H22F3NO5S. The fourth-order valence-electron chi connectivity index (χ4n) is 3.19. The average molecular weight is 409 g/mol. The Balaban J connectivity index is 2.15. The first-order valence-corrected chi connectivity index (χ1v) is 10.0. The maximum atomic E-state index is 12.6. The Hall–Kier alpha value is -1.81. The second-order valence-electron chi connectivity index (χ2n) is 6.43. The molecule has 1 fully saturated rings. The maximum Gasteiger partial charge on any atom is 0.573 e. The van der Waals surface area contributed by atoms with Crippen LogP contribution in [-0.4, -0.2) is 33.9 Å². The summed E-state index contributed by atoms with van der Waals surface area (Å²) in [4.78, 5) is 11.5. The van der Waals surface area contributed by atoms with E-state index in [9.17, 15) is 26.4 Å². The fourth-order valence-corrected chi connectivity index (χ4v) is 4.50. The summed E-state index contributed by atoms with van der Waals surface area (Å²) < 4.78 is 72.8. The summed E-state index contributed by atoms with van der Waals surface area (Å²) in [5, 5.41) is 0. The lowest BCUT2D eigenvalue weighted by molar-refractivity contribution is -0.274. The number of hydrogen-bond donors (Lipinski definition) is 1. The number of methoxy groups -OCH3 is 1. The number of carbonyl (C=O) groups is 1. The quantitative estimate of drug-likeness (QED) is 0.699. The van der Waals surface area contributed by atoms with Crippen molar-refractivity contribution in [1.29, 1.82) is 0 Å². The number of halogens is 3. The molecule has 1 unspecified atom stereocenters. The molecule has 0 heterocycles. The Labute approximate surface area is 156 Å². The third-order valence-electron chi connectivity index (χ3n) is 4.51. The number of alkyl halides is 3. The molecule has 1 atom stereocenters. The van der Waals surface area contributed by atoms with Gasteiger partial charge in [0.25, 0.3) is 0 Å². The monoisotopic (exact) mass is 409 g/mol. The van der Waals surface area contributed by atoms with Gasteiger partial charge in [-0.05, 0) is 43.0 Å². The van der Waals surface area contributed by atoms with E-state index in [1.54, 1.807) is 0 Å². The number of benzene rings is 1. The minimum atomic E-state index is -4.86. The van der Waals surface area contributed by atoms with E-state index in [1.807, 2.05) is 0 Å². The lowest BCUT2D eigenvalue weighted by atomic mass is 9.83. The van der Waals surface area contributed by atoms with Crippen molar-refractivity contribution in [3.05, 3.63) is 24.3 Å². The number of sulfonamides is 1. The Morgan fingerprint density at radius 2 is 1.78 bits per heavy atom. The second kappa shape index (κ2) is 8.92.